The van der Waals surface area contributed by atoms with Crippen molar-refractivity contribution in [3.8, 4) is 0 Å². The Morgan fingerprint density at radius 3 is 2.64 bits per heavy atom. The van der Waals surface area contributed by atoms with Crippen molar-refractivity contribution in [3.05, 3.63) is 64.7 Å². The van der Waals surface area contributed by atoms with Crippen molar-refractivity contribution in [1.82, 2.24) is 10.6 Å². The summed E-state index contributed by atoms with van der Waals surface area (Å²) in [5.41, 5.74) is 3.46. The number of nitrogens with one attached hydrogen (secondary N) is 2. The number of benzene rings is 2. The van der Waals surface area contributed by atoms with E-state index in [9.17, 15) is 4.79 Å². The number of rotatable bonds is 6. The molecule has 3 rings (SSSR count). The smallest absolute Gasteiger partial charge is 0.227 e. The van der Waals surface area contributed by atoms with E-state index in [-0.39, 0.29) is 29.9 Å². The second-order valence-electron chi connectivity index (χ2n) is 6.51. The van der Waals surface area contributed by atoms with Gasteiger partial charge in [0.15, 0.2) is 5.96 Å². The van der Waals surface area contributed by atoms with E-state index in [1.165, 1.54) is 5.56 Å². The van der Waals surface area contributed by atoms with E-state index in [1.807, 2.05) is 47.4 Å². The highest BCUT2D eigenvalue weighted by Crippen LogP contribution is 2.27. The van der Waals surface area contributed by atoms with Gasteiger partial charge < -0.3 is 15.5 Å². The highest BCUT2D eigenvalue weighted by Gasteiger charge is 2.23. The maximum atomic E-state index is 12.5. The summed E-state index contributed by atoms with van der Waals surface area (Å²) in [6, 6.07) is 15.8. The number of carbonyl (C=O) groups is 1. The first-order valence-electron chi connectivity index (χ1n) is 9.24. The van der Waals surface area contributed by atoms with Crippen LogP contribution in [-0.2, 0) is 17.8 Å². The molecule has 2 aromatic rings. The number of anilines is 1. The van der Waals surface area contributed by atoms with E-state index in [1.54, 1.807) is 7.05 Å². The van der Waals surface area contributed by atoms with Crippen molar-refractivity contribution < 1.29 is 4.79 Å². The molecule has 7 heteroatoms. The maximum absolute atomic E-state index is 12.5. The van der Waals surface area contributed by atoms with Crippen molar-refractivity contribution in [3.63, 3.8) is 0 Å². The van der Waals surface area contributed by atoms with Crippen LogP contribution in [0.1, 0.15) is 24.0 Å². The number of amides is 1. The molecule has 1 aliphatic heterocycles. The van der Waals surface area contributed by atoms with Gasteiger partial charge in [0.2, 0.25) is 5.91 Å². The summed E-state index contributed by atoms with van der Waals surface area (Å²) < 4.78 is 0. The van der Waals surface area contributed by atoms with Gasteiger partial charge in [-0.15, -0.1) is 24.0 Å². The largest absolute Gasteiger partial charge is 0.356 e. The average molecular weight is 513 g/mol. The molecule has 0 aliphatic carbocycles. The number of aliphatic imine (C=N–C) groups is 1. The van der Waals surface area contributed by atoms with E-state index in [0.717, 1.165) is 41.6 Å². The van der Waals surface area contributed by atoms with Gasteiger partial charge in [0, 0.05) is 43.8 Å². The Bertz CT molecular complexity index is 810. The second kappa shape index (κ2) is 11.3. The number of nitrogens with zero attached hydrogens (tertiary/aromatic N) is 2. The summed E-state index contributed by atoms with van der Waals surface area (Å²) in [6.07, 6.45) is 2.23. The molecular weight excluding hydrogens is 487 g/mol. The molecule has 28 heavy (non-hydrogen) atoms. The van der Waals surface area contributed by atoms with Gasteiger partial charge >= 0.3 is 0 Å². The van der Waals surface area contributed by atoms with Gasteiger partial charge in [-0.2, -0.15) is 0 Å². The summed E-state index contributed by atoms with van der Waals surface area (Å²) in [6.45, 7) is 2.15. The molecule has 0 spiro atoms. The van der Waals surface area contributed by atoms with Crippen LogP contribution in [0.2, 0.25) is 5.02 Å². The minimum Gasteiger partial charge on any atom is -0.356 e. The molecule has 2 N–H and O–H groups in total. The molecule has 5 nitrogen and oxygen atoms in total. The first-order chi connectivity index (χ1) is 13.2. The van der Waals surface area contributed by atoms with E-state index in [4.69, 9.17) is 11.6 Å². The molecule has 2 aromatic carbocycles. The molecule has 1 aliphatic rings. The monoisotopic (exact) mass is 512 g/mol. The fourth-order valence-corrected chi connectivity index (χ4v) is 3.31. The minimum atomic E-state index is 0. The zero-order valence-electron chi connectivity index (χ0n) is 16.0. The number of hydrogen-bond acceptors (Lipinski definition) is 2. The molecular formula is C21H26ClIN4O. The van der Waals surface area contributed by atoms with Crippen LogP contribution in [0, 0.1) is 0 Å². The average Bonchev–Trinajstić information content (AvgIpc) is 3.13. The Hall–Kier alpha value is -1.80. The molecule has 0 bridgehead atoms. The maximum Gasteiger partial charge on any atom is 0.227 e. The number of para-hydroxylation sites is 1. The quantitative estimate of drug-likeness (QED) is 0.266. The molecule has 0 aromatic heterocycles. The van der Waals surface area contributed by atoms with Crippen molar-refractivity contribution in [1.29, 1.82) is 0 Å². The van der Waals surface area contributed by atoms with Crippen LogP contribution in [-0.4, -0.2) is 32.0 Å². The van der Waals surface area contributed by atoms with Crippen LogP contribution in [0.3, 0.4) is 0 Å². The normalized spacial score (nSPS) is 12.9. The van der Waals surface area contributed by atoms with Gasteiger partial charge in [-0.3, -0.25) is 9.79 Å². The molecule has 150 valence electrons. The van der Waals surface area contributed by atoms with Gasteiger partial charge in [-0.05, 0) is 42.2 Å². The van der Waals surface area contributed by atoms with E-state index in [2.05, 4.69) is 21.7 Å². The van der Waals surface area contributed by atoms with Gasteiger partial charge in [-0.25, -0.2) is 0 Å². The van der Waals surface area contributed by atoms with Crippen molar-refractivity contribution >= 4 is 53.1 Å². The number of fused-ring (bicyclic) bond motifs is 1. The Morgan fingerprint density at radius 2 is 1.89 bits per heavy atom. The summed E-state index contributed by atoms with van der Waals surface area (Å²) in [7, 11) is 1.74. The standard InChI is InChI=1S/C21H25ClN4O.HI/c1-23-21(25-15-16-8-10-18(22)11-9-16)24-13-4-7-20(27)26-14-12-17-5-2-3-6-19(17)26;/h2-3,5-6,8-11H,4,7,12-15H2,1H3,(H2,23,24,25);1H. The molecule has 0 unspecified atom stereocenters. The first kappa shape index (κ1) is 22.5. The zero-order valence-corrected chi connectivity index (χ0v) is 19.0. The molecule has 0 atom stereocenters. The molecule has 1 heterocycles. The molecule has 0 saturated carbocycles. The number of guanidine groups is 1. The molecule has 0 saturated heterocycles. The third kappa shape index (κ3) is 6.10. The third-order valence-electron chi connectivity index (χ3n) is 4.64. The lowest BCUT2D eigenvalue weighted by Gasteiger charge is -2.17. The van der Waals surface area contributed by atoms with Crippen LogP contribution in [0.25, 0.3) is 0 Å². The predicted octanol–water partition coefficient (Wildman–Crippen LogP) is 3.99. The number of halogens is 2. The lowest BCUT2D eigenvalue weighted by molar-refractivity contribution is -0.118. The minimum absolute atomic E-state index is 0. The lowest BCUT2D eigenvalue weighted by Crippen LogP contribution is -2.37. The SMILES string of the molecule is CN=C(NCCCC(=O)N1CCc2ccccc21)NCc1ccc(Cl)cc1.I. The summed E-state index contributed by atoms with van der Waals surface area (Å²) in [4.78, 5) is 18.6. The lowest BCUT2D eigenvalue weighted by atomic mass is 10.2. The molecule has 1 amide bonds. The Kier molecular flexibility index (Phi) is 9.05. The summed E-state index contributed by atoms with van der Waals surface area (Å²) >= 11 is 5.90. The van der Waals surface area contributed by atoms with E-state index < -0.39 is 0 Å². The van der Waals surface area contributed by atoms with Crippen molar-refractivity contribution in [2.75, 3.05) is 25.0 Å². The fourth-order valence-electron chi connectivity index (χ4n) is 3.19. The van der Waals surface area contributed by atoms with Gasteiger partial charge in [0.1, 0.15) is 0 Å². The fraction of sp³-hybridized carbons (Fsp3) is 0.333. The Balaban J connectivity index is 0.00000280. The highest BCUT2D eigenvalue weighted by molar-refractivity contribution is 14.0. The Labute approximate surface area is 188 Å². The van der Waals surface area contributed by atoms with E-state index >= 15 is 0 Å². The van der Waals surface area contributed by atoms with Crippen LogP contribution in [0.5, 0.6) is 0 Å². The summed E-state index contributed by atoms with van der Waals surface area (Å²) in [5, 5.41) is 7.25. The third-order valence-corrected chi connectivity index (χ3v) is 4.90. The predicted molar refractivity (Wildman–Crippen MR) is 127 cm³/mol. The number of carbonyl (C=O) groups excluding carboxylic acids is 1. The first-order valence-corrected chi connectivity index (χ1v) is 9.62. The molecule has 0 radical (unpaired) electrons. The van der Waals surface area contributed by atoms with E-state index in [0.29, 0.717) is 19.5 Å². The second-order valence-corrected chi connectivity index (χ2v) is 6.94. The van der Waals surface area contributed by atoms with Crippen LogP contribution in [0.4, 0.5) is 5.69 Å². The van der Waals surface area contributed by atoms with Gasteiger partial charge in [0.05, 0.1) is 0 Å². The van der Waals surface area contributed by atoms with Crippen LogP contribution in [0.15, 0.2) is 53.5 Å². The number of hydrogen-bond donors (Lipinski definition) is 2. The van der Waals surface area contributed by atoms with Gasteiger partial charge in [-0.1, -0.05) is 41.9 Å². The van der Waals surface area contributed by atoms with Crippen molar-refractivity contribution in [2.45, 2.75) is 25.8 Å². The van der Waals surface area contributed by atoms with Crippen molar-refractivity contribution in [2.24, 2.45) is 4.99 Å². The van der Waals surface area contributed by atoms with Crippen LogP contribution < -0.4 is 15.5 Å². The molecule has 0 fully saturated rings. The summed E-state index contributed by atoms with van der Waals surface area (Å²) in [5.74, 6) is 0.912. The van der Waals surface area contributed by atoms with Gasteiger partial charge in [0.25, 0.3) is 0 Å². The zero-order chi connectivity index (χ0) is 19.1. The van der Waals surface area contributed by atoms with Crippen LogP contribution >= 0.6 is 35.6 Å². The topological polar surface area (TPSA) is 56.7 Å². The highest BCUT2D eigenvalue weighted by atomic mass is 127. The Morgan fingerprint density at radius 1 is 1.14 bits per heavy atom.